The Bertz CT molecular complexity index is 401. The fourth-order valence-electron chi connectivity index (χ4n) is 2.73. The lowest BCUT2D eigenvalue weighted by Crippen LogP contribution is -2.38. The lowest BCUT2D eigenvalue weighted by molar-refractivity contribution is 0.337. The highest BCUT2D eigenvalue weighted by Gasteiger charge is 2.20. The molecule has 1 unspecified atom stereocenters. The maximum atomic E-state index is 4.66. The predicted molar refractivity (Wildman–Crippen MR) is 85.1 cm³/mol. The monoisotopic (exact) mass is 276 g/mol. The van der Waals surface area contributed by atoms with Gasteiger partial charge in [-0.25, -0.2) is 4.98 Å². The molecular weight excluding hydrogens is 248 g/mol. The fourth-order valence-corrected chi connectivity index (χ4v) is 2.73. The highest BCUT2D eigenvalue weighted by molar-refractivity contribution is 5.40. The van der Waals surface area contributed by atoms with Gasteiger partial charge in [-0.1, -0.05) is 19.9 Å². The molecule has 0 spiro atoms. The molecule has 1 saturated heterocycles. The first-order valence-electron chi connectivity index (χ1n) is 7.69. The molecule has 0 aliphatic carbocycles. The third-order valence-electron chi connectivity index (χ3n) is 3.86. The highest BCUT2D eigenvalue weighted by atomic mass is 15.3. The average molecular weight is 276 g/mol. The van der Waals surface area contributed by atoms with E-state index in [4.69, 9.17) is 0 Å². The zero-order valence-electron chi connectivity index (χ0n) is 13.3. The summed E-state index contributed by atoms with van der Waals surface area (Å²) in [6.45, 7) is 10.9. The molecule has 1 aliphatic heterocycles. The fraction of sp³-hybridized carbons (Fsp3) is 0.688. The molecule has 0 aromatic carbocycles. The van der Waals surface area contributed by atoms with Gasteiger partial charge in [0.15, 0.2) is 0 Å². The van der Waals surface area contributed by atoms with Gasteiger partial charge in [-0.3, -0.25) is 0 Å². The zero-order valence-corrected chi connectivity index (χ0v) is 13.3. The lowest BCUT2D eigenvalue weighted by atomic mass is 10.2. The van der Waals surface area contributed by atoms with Crippen molar-refractivity contribution < 1.29 is 0 Å². The topological polar surface area (TPSA) is 31.4 Å². The first-order chi connectivity index (χ1) is 9.56. The van der Waals surface area contributed by atoms with E-state index in [9.17, 15) is 0 Å². The molecule has 1 N–H and O–H groups in total. The number of anilines is 1. The molecule has 4 heteroatoms. The van der Waals surface area contributed by atoms with E-state index >= 15 is 0 Å². The van der Waals surface area contributed by atoms with Crippen LogP contribution in [-0.2, 0) is 6.54 Å². The quantitative estimate of drug-likeness (QED) is 0.912. The zero-order chi connectivity index (χ0) is 14.5. The van der Waals surface area contributed by atoms with Gasteiger partial charge in [-0.2, -0.15) is 0 Å². The number of hydrogen-bond acceptors (Lipinski definition) is 4. The average Bonchev–Trinajstić information content (AvgIpc) is 2.58. The maximum absolute atomic E-state index is 4.66. The SMILES string of the molecule is CC(C)NCc1ccc(N2CCCN(C)CC2C)nc1. The molecule has 0 amide bonds. The summed E-state index contributed by atoms with van der Waals surface area (Å²) >= 11 is 0. The van der Waals surface area contributed by atoms with Crippen molar-refractivity contribution in [2.75, 3.05) is 31.6 Å². The third kappa shape index (κ3) is 4.18. The van der Waals surface area contributed by atoms with Crippen LogP contribution in [0.5, 0.6) is 0 Å². The minimum Gasteiger partial charge on any atom is -0.353 e. The van der Waals surface area contributed by atoms with Crippen molar-refractivity contribution in [2.24, 2.45) is 0 Å². The van der Waals surface area contributed by atoms with E-state index in [2.05, 4.69) is 60.1 Å². The summed E-state index contributed by atoms with van der Waals surface area (Å²) in [5.74, 6) is 1.11. The standard InChI is InChI=1S/C16H28N4/c1-13(2)17-10-15-6-7-16(18-11-15)20-9-5-8-19(4)12-14(20)3/h6-7,11,13-14,17H,5,8-10,12H2,1-4H3. The highest BCUT2D eigenvalue weighted by Crippen LogP contribution is 2.18. The van der Waals surface area contributed by atoms with Crippen LogP contribution in [0.4, 0.5) is 5.82 Å². The van der Waals surface area contributed by atoms with Crippen LogP contribution in [-0.4, -0.2) is 48.6 Å². The number of pyridine rings is 1. The second-order valence-corrected chi connectivity index (χ2v) is 6.22. The van der Waals surface area contributed by atoms with Crippen LogP contribution in [0.2, 0.25) is 0 Å². The van der Waals surface area contributed by atoms with Gasteiger partial charge in [0.2, 0.25) is 0 Å². The first kappa shape index (κ1) is 15.3. The molecule has 2 heterocycles. The van der Waals surface area contributed by atoms with Crippen LogP contribution < -0.4 is 10.2 Å². The van der Waals surface area contributed by atoms with Gasteiger partial charge in [0.25, 0.3) is 0 Å². The Hall–Kier alpha value is -1.13. The number of nitrogens with one attached hydrogen (secondary N) is 1. The minimum absolute atomic E-state index is 0.510. The molecule has 112 valence electrons. The van der Waals surface area contributed by atoms with Gasteiger partial charge in [-0.05, 0) is 38.6 Å². The summed E-state index contributed by atoms with van der Waals surface area (Å²) in [6.07, 6.45) is 3.21. The molecular formula is C16H28N4. The smallest absolute Gasteiger partial charge is 0.128 e. The van der Waals surface area contributed by atoms with Crippen molar-refractivity contribution in [1.29, 1.82) is 0 Å². The van der Waals surface area contributed by atoms with Gasteiger partial charge in [0, 0.05) is 37.9 Å². The van der Waals surface area contributed by atoms with Gasteiger partial charge < -0.3 is 15.1 Å². The van der Waals surface area contributed by atoms with E-state index in [1.54, 1.807) is 0 Å². The normalized spacial score (nSPS) is 21.2. The van der Waals surface area contributed by atoms with Crippen molar-refractivity contribution in [3.63, 3.8) is 0 Å². The van der Waals surface area contributed by atoms with Gasteiger partial charge in [0.05, 0.1) is 0 Å². The van der Waals surface area contributed by atoms with E-state index in [0.29, 0.717) is 12.1 Å². The third-order valence-corrected chi connectivity index (χ3v) is 3.86. The van der Waals surface area contributed by atoms with E-state index in [-0.39, 0.29) is 0 Å². The van der Waals surface area contributed by atoms with Crippen LogP contribution in [0.1, 0.15) is 32.8 Å². The van der Waals surface area contributed by atoms with Crippen LogP contribution >= 0.6 is 0 Å². The number of nitrogens with zero attached hydrogens (tertiary/aromatic N) is 3. The van der Waals surface area contributed by atoms with Crippen molar-refractivity contribution in [3.05, 3.63) is 23.9 Å². The Kier molecular flexibility index (Phi) is 5.38. The van der Waals surface area contributed by atoms with E-state index in [0.717, 1.165) is 25.5 Å². The van der Waals surface area contributed by atoms with Crippen LogP contribution in [0.3, 0.4) is 0 Å². The van der Waals surface area contributed by atoms with Crippen LogP contribution in [0.15, 0.2) is 18.3 Å². The number of hydrogen-bond donors (Lipinski definition) is 1. The minimum atomic E-state index is 0.510. The van der Waals surface area contributed by atoms with E-state index < -0.39 is 0 Å². The molecule has 1 atom stereocenters. The lowest BCUT2D eigenvalue weighted by Gasteiger charge is -2.29. The van der Waals surface area contributed by atoms with Gasteiger partial charge in [-0.15, -0.1) is 0 Å². The molecule has 1 fully saturated rings. The van der Waals surface area contributed by atoms with Crippen molar-refractivity contribution in [2.45, 2.75) is 45.8 Å². The second kappa shape index (κ2) is 7.04. The summed E-state index contributed by atoms with van der Waals surface area (Å²) in [4.78, 5) is 9.51. The van der Waals surface area contributed by atoms with Crippen molar-refractivity contribution in [1.82, 2.24) is 15.2 Å². The largest absolute Gasteiger partial charge is 0.353 e. The Morgan fingerprint density at radius 2 is 2.15 bits per heavy atom. The molecule has 0 radical (unpaired) electrons. The number of likely N-dealkylation sites (N-methyl/N-ethyl adjacent to an activating group) is 1. The van der Waals surface area contributed by atoms with E-state index in [1.165, 1.54) is 18.5 Å². The molecule has 20 heavy (non-hydrogen) atoms. The van der Waals surface area contributed by atoms with Gasteiger partial charge in [0.1, 0.15) is 5.82 Å². The summed E-state index contributed by atoms with van der Waals surface area (Å²) in [7, 11) is 2.20. The molecule has 1 aliphatic rings. The molecule has 0 saturated carbocycles. The second-order valence-electron chi connectivity index (χ2n) is 6.22. The van der Waals surface area contributed by atoms with E-state index in [1.807, 2.05) is 6.20 Å². The molecule has 4 nitrogen and oxygen atoms in total. The summed E-state index contributed by atoms with van der Waals surface area (Å²) < 4.78 is 0. The van der Waals surface area contributed by atoms with Crippen molar-refractivity contribution in [3.8, 4) is 0 Å². The van der Waals surface area contributed by atoms with Gasteiger partial charge >= 0.3 is 0 Å². The summed E-state index contributed by atoms with van der Waals surface area (Å²) in [5, 5.41) is 3.43. The molecule has 1 aromatic heterocycles. The predicted octanol–water partition coefficient (Wildman–Crippen LogP) is 2.11. The number of aromatic nitrogens is 1. The van der Waals surface area contributed by atoms with Crippen LogP contribution in [0, 0.1) is 0 Å². The first-order valence-corrected chi connectivity index (χ1v) is 7.69. The Balaban J connectivity index is 2.01. The summed E-state index contributed by atoms with van der Waals surface area (Å²) in [6, 6.07) is 5.39. The number of rotatable bonds is 4. The Labute approximate surface area is 123 Å². The summed E-state index contributed by atoms with van der Waals surface area (Å²) in [5.41, 5.74) is 1.25. The van der Waals surface area contributed by atoms with Crippen LogP contribution in [0.25, 0.3) is 0 Å². The molecule has 2 rings (SSSR count). The maximum Gasteiger partial charge on any atom is 0.128 e. The Morgan fingerprint density at radius 3 is 2.80 bits per heavy atom. The Morgan fingerprint density at radius 1 is 1.35 bits per heavy atom. The molecule has 0 bridgehead atoms. The molecule has 1 aromatic rings. The van der Waals surface area contributed by atoms with Crippen molar-refractivity contribution >= 4 is 5.82 Å².